The number of primary amides is 1. The Morgan fingerprint density at radius 2 is 1.53 bits per heavy atom. The highest BCUT2D eigenvalue weighted by molar-refractivity contribution is 6.05. The predicted octanol–water partition coefficient (Wildman–Crippen LogP) is 3.93. The van der Waals surface area contributed by atoms with Crippen LogP contribution >= 0.6 is 0 Å². The van der Waals surface area contributed by atoms with Crippen LogP contribution in [0.1, 0.15) is 74.6 Å². The number of carbonyl (C=O) groups excluding carboxylic acids is 1. The maximum atomic E-state index is 13.4. The molecule has 2 aliphatic rings. The van der Waals surface area contributed by atoms with Gasteiger partial charge in [-0.1, -0.05) is 38.5 Å². The number of amides is 2. The number of aliphatic imine (C=N–C) groups is 1. The van der Waals surface area contributed by atoms with Crippen molar-refractivity contribution >= 4 is 18.0 Å². The highest BCUT2D eigenvalue weighted by Crippen LogP contribution is 2.21. The largest absolute Gasteiger partial charge is 0.465 e. The van der Waals surface area contributed by atoms with Crippen LogP contribution in [-0.2, 0) is 0 Å². The van der Waals surface area contributed by atoms with E-state index in [4.69, 9.17) is 14.9 Å². The highest BCUT2D eigenvalue weighted by atomic mass is 19.2. The summed E-state index contributed by atoms with van der Waals surface area (Å²) in [5, 5.41) is 13.4. The molecule has 2 saturated carbocycles. The third kappa shape index (κ3) is 8.34. The van der Waals surface area contributed by atoms with Crippen molar-refractivity contribution in [2.45, 2.75) is 76.3 Å². The maximum absolute atomic E-state index is 13.4. The fourth-order valence-electron chi connectivity index (χ4n) is 3.76. The highest BCUT2D eigenvalue weighted by Gasteiger charge is 2.20. The molecule has 0 aromatic heterocycles. The van der Waals surface area contributed by atoms with Crippen LogP contribution < -0.4 is 16.4 Å². The summed E-state index contributed by atoms with van der Waals surface area (Å²) in [4.78, 5) is 26.0. The molecule has 3 rings (SSSR count). The van der Waals surface area contributed by atoms with Gasteiger partial charge in [-0.25, -0.2) is 18.6 Å². The van der Waals surface area contributed by atoms with E-state index < -0.39 is 23.6 Å². The van der Waals surface area contributed by atoms with E-state index in [1.807, 2.05) is 0 Å². The molecule has 2 fully saturated rings. The lowest BCUT2D eigenvalue weighted by Crippen LogP contribution is -2.47. The molecule has 2 amide bonds. The fraction of sp³-hybridized carbons (Fsp3) is 0.571. The zero-order valence-electron chi connectivity index (χ0n) is 17.0. The number of carbonyl (C=O) groups is 2. The topological polar surface area (TPSA) is 117 Å². The SMILES string of the molecule is NC(=O)O.O=C(NC(=NC1CCCCC1)NC1CCCCC1)c1ccc(F)c(F)c1. The summed E-state index contributed by atoms with van der Waals surface area (Å²) in [5.74, 6) is -1.98. The number of benzene rings is 1. The summed E-state index contributed by atoms with van der Waals surface area (Å²) in [5.41, 5.74) is 4.12. The van der Waals surface area contributed by atoms with E-state index in [9.17, 15) is 13.6 Å². The molecular weight excluding hydrogens is 394 g/mol. The Hall–Kier alpha value is -2.71. The van der Waals surface area contributed by atoms with E-state index in [1.54, 1.807) is 0 Å². The molecular formula is C21H30F2N4O3. The van der Waals surface area contributed by atoms with Crippen molar-refractivity contribution in [1.29, 1.82) is 0 Å². The third-order valence-electron chi connectivity index (χ3n) is 5.25. The van der Waals surface area contributed by atoms with E-state index >= 15 is 0 Å². The van der Waals surface area contributed by atoms with Crippen LogP contribution in [0.2, 0.25) is 0 Å². The first-order chi connectivity index (χ1) is 14.3. The molecule has 5 N–H and O–H groups in total. The molecule has 7 nitrogen and oxygen atoms in total. The van der Waals surface area contributed by atoms with Crippen molar-refractivity contribution in [3.05, 3.63) is 35.4 Å². The lowest BCUT2D eigenvalue weighted by atomic mass is 9.95. The van der Waals surface area contributed by atoms with Crippen LogP contribution in [0.25, 0.3) is 0 Å². The first kappa shape index (κ1) is 23.6. The first-order valence-corrected chi connectivity index (χ1v) is 10.4. The van der Waals surface area contributed by atoms with Gasteiger partial charge in [-0.2, -0.15) is 0 Å². The van der Waals surface area contributed by atoms with Gasteiger partial charge in [0.2, 0.25) is 0 Å². The average Bonchev–Trinajstić information content (AvgIpc) is 2.71. The van der Waals surface area contributed by atoms with Gasteiger partial charge in [0.15, 0.2) is 17.6 Å². The van der Waals surface area contributed by atoms with Crippen molar-refractivity contribution in [3.63, 3.8) is 0 Å². The second kappa shape index (κ2) is 12.1. The summed E-state index contributed by atoms with van der Waals surface area (Å²) < 4.78 is 26.5. The van der Waals surface area contributed by atoms with Crippen LogP contribution in [0.15, 0.2) is 23.2 Å². The number of nitrogens with two attached hydrogens (primary N) is 1. The second-order valence-electron chi connectivity index (χ2n) is 7.67. The van der Waals surface area contributed by atoms with Gasteiger partial charge in [-0.15, -0.1) is 0 Å². The third-order valence-corrected chi connectivity index (χ3v) is 5.25. The number of guanidine groups is 1. The Kier molecular flexibility index (Phi) is 9.50. The van der Waals surface area contributed by atoms with Crippen molar-refractivity contribution in [2.75, 3.05) is 0 Å². The Morgan fingerprint density at radius 3 is 2.10 bits per heavy atom. The smallest absolute Gasteiger partial charge is 0.402 e. The van der Waals surface area contributed by atoms with Crippen LogP contribution in [0.4, 0.5) is 13.6 Å². The Labute approximate surface area is 175 Å². The van der Waals surface area contributed by atoms with Gasteiger partial charge < -0.3 is 16.2 Å². The summed E-state index contributed by atoms with van der Waals surface area (Å²) in [7, 11) is 0. The number of rotatable bonds is 3. The Balaban J connectivity index is 0.000000735. The number of nitrogens with one attached hydrogen (secondary N) is 2. The van der Waals surface area contributed by atoms with E-state index in [1.165, 1.54) is 31.7 Å². The van der Waals surface area contributed by atoms with E-state index in [2.05, 4.69) is 16.4 Å². The van der Waals surface area contributed by atoms with Crippen molar-refractivity contribution in [2.24, 2.45) is 10.7 Å². The molecule has 166 valence electrons. The zero-order valence-corrected chi connectivity index (χ0v) is 17.0. The molecule has 0 aliphatic heterocycles. The predicted molar refractivity (Wildman–Crippen MR) is 110 cm³/mol. The molecule has 0 spiro atoms. The molecule has 0 atom stereocenters. The molecule has 0 radical (unpaired) electrons. The van der Waals surface area contributed by atoms with Gasteiger partial charge in [-0.3, -0.25) is 10.1 Å². The molecule has 30 heavy (non-hydrogen) atoms. The van der Waals surface area contributed by atoms with Crippen molar-refractivity contribution in [3.8, 4) is 0 Å². The minimum absolute atomic E-state index is 0.0886. The van der Waals surface area contributed by atoms with Crippen LogP contribution in [-0.4, -0.2) is 35.2 Å². The summed E-state index contributed by atoms with van der Waals surface area (Å²) in [6.45, 7) is 0. The molecule has 0 bridgehead atoms. The number of hydrogen-bond acceptors (Lipinski definition) is 3. The minimum Gasteiger partial charge on any atom is -0.465 e. The van der Waals surface area contributed by atoms with E-state index in [-0.39, 0.29) is 11.6 Å². The average molecular weight is 424 g/mol. The standard InChI is InChI=1S/C20H27F2N3O.CH3NO2/c21-17-12-11-14(13-18(17)22)19(26)25-20(23-15-7-3-1-4-8-15)24-16-9-5-2-6-10-16;2-1(3)4/h11-13,15-16H,1-10H2,(H2,23,24,25,26);2H2,(H,3,4). The Morgan fingerprint density at radius 1 is 0.967 bits per heavy atom. The number of nitrogens with zero attached hydrogens (tertiary/aromatic N) is 1. The van der Waals surface area contributed by atoms with Gasteiger partial charge in [0.1, 0.15) is 0 Å². The van der Waals surface area contributed by atoms with Gasteiger partial charge in [0.05, 0.1) is 6.04 Å². The molecule has 0 unspecified atom stereocenters. The van der Waals surface area contributed by atoms with Gasteiger partial charge in [0, 0.05) is 11.6 Å². The number of halogens is 2. The zero-order chi connectivity index (χ0) is 21.9. The first-order valence-electron chi connectivity index (χ1n) is 10.4. The van der Waals surface area contributed by atoms with Crippen molar-refractivity contribution in [1.82, 2.24) is 10.6 Å². The van der Waals surface area contributed by atoms with Crippen molar-refractivity contribution < 1.29 is 23.5 Å². The molecule has 1 aromatic rings. The number of hydrogen-bond donors (Lipinski definition) is 4. The van der Waals surface area contributed by atoms with E-state index in [0.29, 0.717) is 12.0 Å². The normalized spacial score (nSPS) is 18.1. The quantitative estimate of drug-likeness (QED) is 0.434. The second-order valence-corrected chi connectivity index (χ2v) is 7.67. The molecule has 9 heteroatoms. The molecule has 1 aromatic carbocycles. The summed E-state index contributed by atoms with van der Waals surface area (Å²) in [6.07, 6.45) is 9.97. The van der Waals surface area contributed by atoms with Crippen LogP contribution in [0, 0.1) is 11.6 Å². The van der Waals surface area contributed by atoms with Crippen LogP contribution in [0.3, 0.4) is 0 Å². The minimum atomic E-state index is -1.33. The lowest BCUT2D eigenvalue weighted by Gasteiger charge is -2.26. The Bertz CT molecular complexity index is 742. The maximum Gasteiger partial charge on any atom is 0.402 e. The van der Waals surface area contributed by atoms with Gasteiger partial charge >= 0.3 is 6.09 Å². The van der Waals surface area contributed by atoms with Crippen LogP contribution in [0.5, 0.6) is 0 Å². The van der Waals surface area contributed by atoms with Gasteiger partial charge in [0.25, 0.3) is 5.91 Å². The fourth-order valence-corrected chi connectivity index (χ4v) is 3.76. The molecule has 0 saturated heterocycles. The number of carboxylic acid groups (broad SMARTS) is 1. The molecule has 2 aliphatic carbocycles. The summed E-state index contributed by atoms with van der Waals surface area (Å²) >= 11 is 0. The summed E-state index contributed by atoms with van der Waals surface area (Å²) in [6, 6.07) is 3.68. The monoisotopic (exact) mass is 424 g/mol. The lowest BCUT2D eigenvalue weighted by molar-refractivity contribution is 0.0974. The van der Waals surface area contributed by atoms with Gasteiger partial charge in [-0.05, 0) is 43.9 Å². The molecule has 0 heterocycles. The van der Waals surface area contributed by atoms with E-state index in [0.717, 1.165) is 50.7 Å².